The highest BCUT2D eigenvalue weighted by atomic mass is 32.2. The average Bonchev–Trinajstić information content (AvgIpc) is 3.29. The van der Waals surface area contributed by atoms with Crippen molar-refractivity contribution >= 4 is 15.5 Å². The molecule has 0 aliphatic carbocycles. The van der Waals surface area contributed by atoms with E-state index < -0.39 is 26.8 Å². The van der Waals surface area contributed by atoms with Crippen LogP contribution in [0.2, 0.25) is 0 Å². The molecule has 3 rings (SSSR count). The second-order valence-corrected chi connectivity index (χ2v) is 10.9. The van der Waals surface area contributed by atoms with Gasteiger partial charge in [-0.3, -0.25) is 10.7 Å². The van der Waals surface area contributed by atoms with Crippen LogP contribution in [-0.2, 0) is 14.7 Å². The molecule has 0 amide bonds. The van der Waals surface area contributed by atoms with Crippen molar-refractivity contribution in [2.45, 2.75) is 36.7 Å². The smallest absolute Gasteiger partial charge is 0.158 e. The zero-order chi connectivity index (χ0) is 24.9. The molecule has 0 aromatic heterocycles. The van der Waals surface area contributed by atoms with Crippen molar-refractivity contribution in [2.24, 2.45) is 5.16 Å². The lowest BCUT2D eigenvalue weighted by molar-refractivity contribution is 0.0705. The highest BCUT2D eigenvalue weighted by Crippen LogP contribution is 2.33. The summed E-state index contributed by atoms with van der Waals surface area (Å²) in [5.74, 6) is 6.13. The Morgan fingerprint density at radius 2 is 1.76 bits per heavy atom. The fourth-order valence-corrected chi connectivity index (χ4v) is 4.53. The Kier molecular flexibility index (Phi) is 7.79. The Balaban J connectivity index is 1.65. The highest BCUT2D eigenvalue weighted by Gasteiger charge is 2.43. The number of oxime groups is 1. The van der Waals surface area contributed by atoms with E-state index >= 15 is 0 Å². The van der Waals surface area contributed by atoms with E-state index in [0.29, 0.717) is 17.7 Å². The summed E-state index contributed by atoms with van der Waals surface area (Å²) in [6.45, 7) is 4.79. The molecule has 1 aliphatic heterocycles. The number of aliphatic hydroxyl groups excluding tert-OH is 2. The van der Waals surface area contributed by atoms with E-state index in [4.69, 9.17) is 9.94 Å². The van der Waals surface area contributed by atoms with Gasteiger partial charge in [0.25, 0.3) is 0 Å². The Morgan fingerprint density at radius 1 is 1.21 bits per heavy atom. The van der Waals surface area contributed by atoms with Crippen molar-refractivity contribution < 1.29 is 28.7 Å². The second kappa shape index (κ2) is 10.4. The molecule has 0 fully saturated rings. The Bertz CT molecular complexity index is 1230. The molecule has 0 bridgehead atoms. The number of nitrogens with one attached hydrogen (secondary N) is 1. The van der Waals surface area contributed by atoms with E-state index in [9.17, 15) is 18.7 Å². The molecule has 2 aromatic rings. The van der Waals surface area contributed by atoms with E-state index in [0.717, 1.165) is 22.9 Å². The molecule has 34 heavy (non-hydrogen) atoms. The second-order valence-electron chi connectivity index (χ2n) is 8.41. The van der Waals surface area contributed by atoms with Crippen molar-refractivity contribution in [3.05, 3.63) is 83.1 Å². The molecule has 0 saturated carbocycles. The van der Waals surface area contributed by atoms with E-state index in [1.807, 2.05) is 29.7 Å². The summed E-state index contributed by atoms with van der Waals surface area (Å²) >= 11 is 0. The molecule has 0 spiro atoms. The maximum absolute atomic E-state index is 12.3. The van der Waals surface area contributed by atoms with Gasteiger partial charge in [-0.05, 0) is 42.3 Å². The van der Waals surface area contributed by atoms with Gasteiger partial charge in [0.2, 0.25) is 0 Å². The lowest BCUT2D eigenvalue weighted by Gasteiger charge is -2.30. The molecule has 180 valence electrons. The van der Waals surface area contributed by atoms with Gasteiger partial charge in [-0.2, -0.15) is 0 Å². The molecule has 9 heteroatoms. The number of sulfone groups is 1. The summed E-state index contributed by atoms with van der Waals surface area (Å²) < 4.78 is 23.2. The summed E-state index contributed by atoms with van der Waals surface area (Å²) in [6, 6.07) is 14.5. The minimum absolute atomic E-state index is 0.0193. The van der Waals surface area contributed by atoms with Crippen molar-refractivity contribution in [3.8, 4) is 11.8 Å². The first-order chi connectivity index (χ1) is 16.1. The predicted molar refractivity (Wildman–Crippen MR) is 129 cm³/mol. The van der Waals surface area contributed by atoms with Crippen molar-refractivity contribution in [3.63, 3.8) is 0 Å². The number of benzene rings is 2. The third-order valence-corrected chi connectivity index (χ3v) is 8.03. The fraction of sp³-hybridized carbons (Fsp3) is 0.320. The average molecular weight is 485 g/mol. The molecule has 4 N–H and O–H groups in total. The molecular formula is C25H28N2O6S. The summed E-state index contributed by atoms with van der Waals surface area (Å²) in [6.07, 6.45) is 0.219. The number of nitrogens with zero attached hydrogens (tertiary/aromatic N) is 1. The SMILES string of the molecule is C=C(NO)[C@@](C)(C[C@H]1CC(c2ccc(C#Cc3ccc([C@H](O)CO)cc3)cc2)=NO1)S(C)(=O)=O. The van der Waals surface area contributed by atoms with E-state index in [1.165, 1.54) is 6.92 Å². The van der Waals surface area contributed by atoms with Crippen LogP contribution in [0.15, 0.2) is 66.0 Å². The van der Waals surface area contributed by atoms with E-state index in [-0.39, 0.29) is 18.7 Å². The van der Waals surface area contributed by atoms with Crippen LogP contribution >= 0.6 is 0 Å². The van der Waals surface area contributed by atoms with Gasteiger partial charge in [-0.1, -0.05) is 47.8 Å². The highest BCUT2D eigenvalue weighted by molar-refractivity contribution is 7.92. The van der Waals surface area contributed by atoms with Gasteiger partial charge in [0.15, 0.2) is 9.84 Å². The van der Waals surface area contributed by atoms with Gasteiger partial charge in [0.05, 0.1) is 18.0 Å². The number of rotatable bonds is 8. The molecule has 0 unspecified atom stereocenters. The van der Waals surface area contributed by atoms with Crippen LogP contribution in [0, 0.1) is 11.8 Å². The lowest BCUT2D eigenvalue weighted by Crippen LogP contribution is -2.43. The molecule has 0 saturated heterocycles. The Labute approximate surface area is 199 Å². The zero-order valence-electron chi connectivity index (χ0n) is 19.0. The van der Waals surface area contributed by atoms with Crippen LogP contribution in [0.3, 0.4) is 0 Å². The Morgan fingerprint density at radius 3 is 2.26 bits per heavy atom. The predicted octanol–water partition coefficient (Wildman–Crippen LogP) is 2.29. The van der Waals surface area contributed by atoms with E-state index in [1.54, 1.807) is 24.3 Å². The molecule has 3 atom stereocenters. The largest absolute Gasteiger partial charge is 0.393 e. The quantitative estimate of drug-likeness (QED) is 0.334. The van der Waals surface area contributed by atoms with E-state index in [2.05, 4.69) is 23.6 Å². The van der Waals surface area contributed by atoms with Crippen LogP contribution in [0.4, 0.5) is 0 Å². The topological polar surface area (TPSA) is 128 Å². The summed E-state index contributed by atoms with van der Waals surface area (Å²) in [4.78, 5) is 5.49. The van der Waals surface area contributed by atoms with Gasteiger partial charge in [0, 0.05) is 30.2 Å². The van der Waals surface area contributed by atoms with Crippen molar-refractivity contribution in [1.29, 1.82) is 0 Å². The van der Waals surface area contributed by atoms with Crippen LogP contribution in [-0.4, -0.2) is 53.3 Å². The number of hydroxylamine groups is 1. The fourth-order valence-electron chi connectivity index (χ4n) is 3.54. The molecular weight excluding hydrogens is 456 g/mol. The maximum atomic E-state index is 12.3. The monoisotopic (exact) mass is 484 g/mol. The third-order valence-electron chi connectivity index (χ3n) is 5.98. The van der Waals surface area contributed by atoms with Gasteiger partial charge in [-0.15, -0.1) is 0 Å². The molecule has 1 aliphatic rings. The number of hydrogen-bond donors (Lipinski definition) is 4. The first kappa shape index (κ1) is 25.5. The number of hydrogen-bond acceptors (Lipinski definition) is 8. The third kappa shape index (κ3) is 5.66. The zero-order valence-corrected chi connectivity index (χ0v) is 19.8. The molecule has 2 aromatic carbocycles. The maximum Gasteiger partial charge on any atom is 0.158 e. The first-order valence-electron chi connectivity index (χ1n) is 10.6. The molecule has 8 nitrogen and oxygen atoms in total. The standard InChI is InChI=1S/C25H28N2O6S/c1-17(26-30)25(2,34(3,31)32)15-22-14-23(27-33-22)20-10-6-18(7-11-20)4-5-19-8-12-21(13-9-19)24(29)16-28/h6-13,22,24,26,28-30H,1,14-16H2,2-3H3/t22-,24-,25-/m1/s1. The lowest BCUT2D eigenvalue weighted by atomic mass is 9.95. The van der Waals surface area contributed by atoms with Gasteiger partial charge in [-0.25, -0.2) is 8.42 Å². The molecule has 1 heterocycles. The summed E-state index contributed by atoms with van der Waals surface area (Å²) in [7, 11) is -3.58. The summed E-state index contributed by atoms with van der Waals surface area (Å²) in [5.41, 5.74) is 5.60. The van der Waals surface area contributed by atoms with Crippen LogP contribution in [0.1, 0.15) is 48.1 Å². The van der Waals surface area contributed by atoms with Crippen LogP contribution in [0.25, 0.3) is 0 Å². The van der Waals surface area contributed by atoms with Gasteiger partial charge >= 0.3 is 0 Å². The van der Waals surface area contributed by atoms with Crippen LogP contribution < -0.4 is 5.48 Å². The normalized spacial score (nSPS) is 18.0. The Hall–Kier alpha value is -3.16. The minimum Gasteiger partial charge on any atom is -0.393 e. The minimum atomic E-state index is -3.58. The number of aliphatic hydroxyl groups is 2. The van der Waals surface area contributed by atoms with Gasteiger partial charge in [0.1, 0.15) is 17.0 Å². The first-order valence-corrected chi connectivity index (χ1v) is 12.5. The van der Waals surface area contributed by atoms with Crippen LogP contribution in [0.5, 0.6) is 0 Å². The van der Waals surface area contributed by atoms with Crippen molar-refractivity contribution in [2.75, 3.05) is 12.9 Å². The van der Waals surface area contributed by atoms with Gasteiger partial charge < -0.3 is 15.1 Å². The summed E-state index contributed by atoms with van der Waals surface area (Å²) in [5, 5.41) is 32.0. The van der Waals surface area contributed by atoms with Crippen molar-refractivity contribution in [1.82, 2.24) is 5.48 Å². The molecule has 0 radical (unpaired) electrons.